The summed E-state index contributed by atoms with van der Waals surface area (Å²) in [6, 6.07) is 1.64. The zero-order valence-electron chi connectivity index (χ0n) is 9.73. The van der Waals surface area contributed by atoms with Gasteiger partial charge in [0, 0.05) is 6.54 Å². The number of aromatic nitrogens is 2. The summed E-state index contributed by atoms with van der Waals surface area (Å²) in [4.78, 5) is 20.9. The highest BCUT2D eigenvalue weighted by atomic mass is 32.1. The summed E-state index contributed by atoms with van der Waals surface area (Å²) >= 11 is 1.56. The molecule has 0 aliphatic rings. The van der Waals surface area contributed by atoms with E-state index in [4.69, 9.17) is 0 Å². The molecule has 2 heterocycles. The lowest BCUT2D eigenvalue weighted by Gasteiger charge is -2.14. The highest BCUT2D eigenvalue weighted by Crippen LogP contribution is 2.23. The van der Waals surface area contributed by atoms with Crippen molar-refractivity contribution in [1.29, 1.82) is 0 Å². The van der Waals surface area contributed by atoms with E-state index in [1.165, 1.54) is 6.33 Å². The number of hydrogen-bond donors (Lipinski definition) is 2. The predicted octanol–water partition coefficient (Wildman–Crippen LogP) is 1.63. The lowest BCUT2D eigenvalue weighted by molar-refractivity contribution is -0.121. The van der Waals surface area contributed by atoms with Gasteiger partial charge in [-0.3, -0.25) is 4.79 Å². The third-order valence-corrected chi connectivity index (χ3v) is 3.18. The maximum atomic E-state index is 11.6. The summed E-state index contributed by atoms with van der Waals surface area (Å²) in [5.41, 5.74) is 0. The van der Waals surface area contributed by atoms with Crippen LogP contribution in [-0.4, -0.2) is 28.5 Å². The number of thiophene rings is 1. The Balaban J connectivity index is 2.18. The Morgan fingerprint density at radius 3 is 3.12 bits per heavy atom. The fraction of sp³-hybridized carbons (Fsp3) is 0.364. The van der Waals surface area contributed by atoms with Gasteiger partial charge >= 0.3 is 0 Å². The summed E-state index contributed by atoms with van der Waals surface area (Å²) in [5, 5.41) is 8.78. The molecule has 2 aromatic rings. The van der Waals surface area contributed by atoms with Crippen LogP contribution < -0.4 is 10.6 Å². The molecule has 0 saturated heterocycles. The molecule has 0 aromatic carbocycles. The first kappa shape index (κ1) is 11.8. The van der Waals surface area contributed by atoms with Gasteiger partial charge in [0.25, 0.3) is 0 Å². The Labute approximate surface area is 103 Å². The summed E-state index contributed by atoms with van der Waals surface area (Å²) in [6.07, 6.45) is 1.51. The van der Waals surface area contributed by atoms with Gasteiger partial charge in [0.15, 0.2) is 0 Å². The summed E-state index contributed by atoms with van der Waals surface area (Å²) in [6.45, 7) is 4.33. The number of carbonyl (C=O) groups is 1. The molecule has 17 heavy (non-hydrogen) atoms. The number of likely N-dealkylation sites (N-methyl/N-ethyl adjacent to an activating group) is 1. The summed E-state index contributed by atoms with van der Waals surface area (Å²) in [5.74, 6) is 0.671. The van der Waals surface area contributed by atoms with Crippen molar-refractivity contribution >= 4 is 33.3 Å². The molecule has 2 rings (SSSR count). The molecule has 0 fully saturated rings. The largest absolute Gasteiger partial charge is 0.358 e. The lowest BCUT2D eigenvalue weighted by Crippen LogP contribution is -2.37. The first-order valence-corrected chi connectivity index (χ1v) is 6.32. The van der Waals surface area contributed by atoms with Crippen LogP contribution in [0, 0.1) is 0 Å². The smallest absolute Gasteiger partial charge is 0.242 e. The maximum absolute atomic E-state index is 11.6. The second kappa shape index (κ2) is 5.09. The predicted molar refractivity (Wildman–Crippen MR) is 69.2 cm³/mol. The van der Waals surface area contributed by atoms with Crippen LogP contribution in [0.1, 0.15) is 13.8 Å². The van der Waals surface area contributed by atoms with Crippen LogP contribution in [0.3, 0.4) is 0 Å². The molecule has 0 radical (unpaired) electrons. The van der Waals surface area contributed by atoms with Crippen LogP contribution in [0.4, 0.5) is 5.82 Å². The Morgan fingerprint density at radius 2 is 2.35 bits per heavy atom. The number of carbonyl (C=O) groups excluding carboxylic acids is 1. The molecule has 90 valence electrons. The second-order valence-corrected chi connectivity index (χ2v) is 4.52. The Morgan fingerprint density at radius 1 is 1.53 bits per heavy atom. The second-order valence-electron chi connectivity index (χ2n) is 3.62. The number of hydrogen-bond acceptors (Lipinski definition) is 5. The standard InChI is InChI=1S/C11H14N4OS/c1-3-12-10(16)7(2)15-9-8-4-5-17-11(8)14-6-13-9/h4-7H,3H2,1-2H3,(H,12,16)(H,13,14,15). The molecule has 0 spiro atoms. The van der Waals surface area contributed by atoms with Crippen LogP contribution >= 0.6 is 11.3 Å². The zero-order chi connectivity index (χ0) is 12.3. The van der Waals surface area contributed by atoms with Gasteiger partial charge in [-0.1, -0.05) is 0 Å². The maximum Gasteiger partial charge on any atom is 0.242 e. The normalized spacial score (nSPS) is 12.4. The first-order chi connectivity index (χ1) is 8.22. The van der Waals surface area contributed by atoms with Gasteiger partial charge in [0.1, 0.15) is 23.0 Å². The molecule has 0 aliphatic carbocycles. The van der Waals surface area contributed by atoms with E-state index in [9.17, 15) is 4.79 Å². The number of fused-ring (bicyclic) bond motifs is 1. The zero-order valence-corrected chi connectivity index (χ0v) is 10.5. The van der Waals surface area contributed by atoms with E-state index < -0.39 is 0 Å². The van der Waals surface area contributed by atoms with E-state index in [0.717, 1.165) is 10.2 Å². The van der Waals surface area contributed by atoms with Gasteiger partial charge in [-0.25, -0.2) is 9.97 Å². The van der Waals surface area contributed by atoms with Gasteiger partial charge in [0.05, 0.1) is 5.39 Å². The van der Waals surface area contributed by atoms with Crippen LogP contribution in [0.2, 0.25) is 0 Å². The van der Waals surface area contributed by atoms with Gasteiger partial charge in [-0.15, -0.1) is 11.3 Å². The molecule has 5 nitrogen and oxygen atoms in total. The van der Waals surface area contributed by atoms with E-state index in [-0.39, 0.29) is 11.9 Å². The van der Waals surface area contributed by atoms with Crippen molar-refractivity contribution in [3.05, 3.63) is 17.8 Å². The molecule has 1 unspecified atom stereocenters. The molecule has 6 heteroatoms. The van der Waals surface area contributed by atoms with Gasteiger partial charge in [0.2, 0.25) is 5.91 Å². The van der Waals surface area contributed by atoms with Crippen molar-refractivity contribution in [3.8, 4) is 0 Å². The topological polar surface area (TPSA) is 66.9 Å². The molecule has 1 amide bonds. The van der Waals surface area contributed by atoms with Crippen molar-refractivity contribution in [2.24, 2.45) is 0 Å². The van der Waals surface area contributed by atoms with Crippen LogP contribution in [0.25, 0.3) is 10.2 Å². The third kappa shape index (κ3) is 2.52. The van der Waals surface area contributed by atoms with E-state index >= 15 is 0 Å². The number of nitrogens with one attached hydrogen (secondary N) is 2. The number of amides is 1. The van der Waals surface area contributed by atoms with Crippen LogP contribution in [0.15, 0.2) is 17.8 Å². The third-order valence-electron chi connectivity index (χ3n) is 2.36. The van der Waals surface area contributed by atoms with Gasteiger partial charge in [-0.2, -0.15) is 0 Å². The number of nitrogens with zero attached hydrogens (tertiary/aromatic N) is 2. The van der Waals surface area contributed by atoms with Gasteiger partial charge in [-0.05, 0) is 25.3 Å². The van der Waals surface area contributed by atoms with Crippen molar-refractivity contribution in [1.82, 2.24) is 15.3 Å². The Hall–Kier alpha value is -1.69. The highest BCUT2D eigenvalue weighted by Gasteiger charge is 2.13. The molecular formula is C11H14N4OS. The van der Waals surface area contributed by atoms with E-state index in [1.807, 2.05) is 25.3 Å². The molecule has 0 bridgehead atoms. The lowest BCUT2D eigenvalue weighted by atomic mass is 10.3. The van der Waals surface area contributed by atoms with E-state index in [2.05, 4.69) is 20.6 Å². The minimum atomic E-state index is -0.312. The number of anilines is 1. The molecule has 0 aliphatic heterocycles. The Bertz CT molecular complexity index is 525. The molecular weight excluding hydrogens is 236 g/mol. The SMILES string of the molecule is CCNC(=O)C(C)Nc1ncnc2sccc12. The fourth-order valence-corrected chi connectivity index (χ4v) is 2.24. The average molecular weight is 250 g/mol. The fourth-order valence-electron chi connectivity index (χ4n) is 1.50. The van der Waals surface area contributed by atoms with E-state index in [1.54, 1.807) is 11.3 Å². The van der Waals surface area contributed by atoms with Crippen LogP contribution in [0.5, 0.6) is 0 Å². The highest BCUT2D eigenvalue weighted by molar-refractivity contribution is 7.16. The molecule has 2 N–H and O–H groups in total. The minimum Gasteiger partial charge on any atom is -0.358 e. The number of rotatable bonds is 4. The Kier molecular flexibility index (Phi) is 3.53. The quantitative estimate of drug-likeness (QED) is 0.865. The first-order valence-electron chi connectivity index (χ1n) is 5.44. The van der Waals surface area contributed by atoms with Crippen molar-refractivity contribution in [3.63, 3.8) is 0 Å². The molecule has 2 aromatic heterocycles. The summed E-state index contributed by atoms with van der Waals surface area (Å²) in [7, 11) is 0. The monoisotopic (exact) mass is 250 g/mol. The van der Waals surface area contributed by atoms with Crippen molar-refractivity contribution in [2.45, 2.75) is 19.9 Å². The van der Waals surface area contributed by atoms with Crippen LogP contribution in [-0.2, 0) is 4.79 Å². The molecule has 1 atom stereocenters. The van der Waals surface area contributed by atoms with Crippen molar-refractivity contribution in [2.75, 3.05) is 11.9 Å². The summed E-state index contributed by atoms with van der Waals surface area (Å²) < 4.78 is 0. The van der Waals surface area contributed by atoms with Gasteiger partial charge < -0.3 is 10.6 Å². The van der Waals surface area contributed by atoms with Crippen molar-refractivity contribution < 1.29 is 4.79 Å². The average Bonchev–Trinajstić information content (AvgIpc) is 2.78. The van der Waals surface area contributed by atoms with E-state index in [0.29, 0.717) is 12.4 Å². The molecule has 0 saturated carbocycles. The minimum absolute atomic E-state index is 0.0329.